The zero-order valence-corrected chi connectivity index (χ0v) is 10.5. The minimum absolute atomic E-state index is 0.0512. The predicted molar refractivity (Wildman–Crippen MR) is 65.3 cm³/mol. The van der Waals surface area contributed by atoms with Crippen molar-refractivity contribution in [2.75, 3.05) is 0 Å². The monoisotopic (exact) mass is 246 g/mol. The zero-order chi connectivity index (χ0) is 11.4. The molecule has 0 fully saturated rings. The number of nitrogens with zero attached hydrogens (tertiary/aromatic N) is 1. The van der Waals surface area contributed by atoms with Crippen molar-refractivity contribution in [3.05, 3.63) is 28.0 Å². The van der Waals surface area contributed by atoms with E-state index in [-0.39, 0.29) is 6.04 Å². The Labute approximate surface area is 101 Å². The van der Waals surface area contributed by atoms with E-state index in [1.807, 2.05) is 6.07 Å². The van der Waals surface area contributed by atoms with Crippen LogP contribution in [0.5, 0.6) is 0 Å². The van der Waals surface area contributed by atoms with Crippen LogP contribution >= 0.6 is 23.2 Å². The molecule has 0 bridgehead atoms. The molecule has 0 aromatic carbocycles. The molecule has 0 unspecified atom stereocenters. The highest BCUT2D eigenvalue weighted by Gasteiger charge is 2.11. The molecule has 15 heavy (non-hydrogen) atoms. The molecule has 1 aromatic heterocycles. The van der Waals surface area contributed by atoms with E-state index in [1.54, 1.807) is 6.07 Å². The van der Waals surface area contributed by atoms with Crippen molar-refractivity contribution in [1.82, 2.24) is 4.98 Å². The maximum absolute atomic E-state index is 6.03. The fraction of sp³-hybridized carbons (Fsp3) is 0.545. The van der Waals surface area contributed by atoms with Gasteiger partial charge in [-0.05, 0) is 24.8 Å². The Bertz CT molecular complexity index is 326. The molecule has 0 saturated heterocycles. The summed E-state index contributed by atoms with van der Waals surface area (Å²) < 4.78 is 0. The number of hydrogen-bond donors (Lipinski definition) is 1. The first-order valence-corrected chi connectivity index (χ1v) is 5.83. The molecule has 4 heteroatoms. The van der Waals surface area contributed by atoms with Gasteiger partial charge in [-0.25, -0.2) is 4.98 Å². The molecule has 0 aliphatic rings. The van der Waals surface area contributed by atoms with E-state index in [0.29, 0.717) is 16.2 Å². The second-order valence-corrected chi connectivity index (χ2v) is 4.84. The van der Waals surface area contributed by atoms with E-state index < -0.39 is 0 Å². The van der Waals surface area contributed by atoms with E-state index in [2.05, 4.69) is 18.8 Å². The summed E-state index contributed by atoms with van der Waals surface area (Å²) in [6, 6.07) is 3.52. The Morgan fingerprint density at radius 3 is 2.47 bits per heavy atom. The van der Waals surface area contributed by atoms with Crippen LogP contribution in [0.15, 0.2) is 12.1 Å². The highest BCUT2D eigenvalue weighted by Crippen LogP contribution is 2.25. The number of hydrogen-bond acceptors (Lipinski definition) is 2. The van der Waals surface area contributed by atoms with Crippen LogP contribution in [0, 0.1) is 5.92 Å². The first-order valence-electron chi connectivity index (χ1n) is 5.08. The van der Waals surface area contributed by atoms with Gasteiger partial charge >= 0.3 is 0 Å². The topological polar surface area (TPSA) is 38.9 Å². The maximum atomic E-state index is 6.03. The number of nitrogens with two attached hydrogens (primary N) is 1. The second kappa shape index (κ2) is 5.69. The molecule has 0 amide bonds. The van der Waals surface area contributed by atoms with Crippen LogP contribution < -0.4 is 5.73 Å². The van der Waals surface area contributed by atoms with Crippen molar-refractivity contribution in [3.63, 3.8) is 0 Å². The minimum atomic E-state index is -0.0512. The van der Waals surface area contributed by atoms with Gasteiger partial charge in [0.05, 0.1) is 0 Å². The Balaban J connectivity index is 2.69. The molecular weight excluding hydrogens is 231 g/mol. The van der Waals surface area contributed by atoms with Gasteiger partial charge < -0.3 is 5.73 Å². The fourth-order valence-electron chi connectivity index (χ4n) is 1.37. The molecule has 0 aliphatic heterocycles. The molecule has 84 valence electrons. The van der Waals surface area contributed by atoms with Crippen LogP contribution in [0.25, 0.3) is 0 Å². The first-order chi connectivity index (χ1) is 7.00. The van der Waals surface area contributed by atoms with Crippen LogP contribution in [0.4, 0.5) is 0 Å². The number of halogens is 2. The molecule has 0 spiro atoms. The van der Waals surface area contributed by atoms with Gasteiger partial charge in [-0.2, -0.15) is 0 Å². The van der Waals surface area contributed by atoms with Crippen LogP contribution in [0.3, 0.4) is 0 Å². The normalized spacial score (nSPS) is 13.2. The summed E-state index contributed by atoms with van der Waals surface area (Å²) in [5.74, 6) is 0.648. The Morgan fingerprint density at radius 1 is 1.27 bits per heavy atom. The van der Waals surface area contributed by atoms with E-state index >= 15 is 0 Å². The van der Waals surface area contributed by atoms with Gasteiger partial charge in [0.15, 0.2) is 0 Å². The average molecular weight is 247 g/mol. The Kier molecular flexibility index (Phi) is 4.84. The van der Waals surface area contributed by atoms with Crippen LogP contribution in [-0.2, 0) is 0 Å². The van der Waals surface area contributed by atoms with Gasteiger partial charge in [0, 0.05) is 11.6 Å². The molecule has 1 heterocycles. The average Bonchev–Trinajstić information content (AvgIpc) is 2.14. The van der Waals surface area contributed by atoms with Crippen LogP contribution in [0.1, 0.15) is 38.3 Å². The third-order valence-corrected chi connectivity index (χ3v) is 2.81. The van der Waals surface area contributed by atoms with E-state index in [0.717, 1.165) is 18.4 Å². The van der Waals surface area contributed by atoms with E-state index in [1.165, 1.54) is 0 Å². The molecule has 1 aromatic rings. The standard InChI is InChI=1S/C11H16Cl2N2/c1-7(2)3-5-9(14)8-4-6-10(12)15-11(8)13/h4,6-7,9H,3,5,14H2,1-2H3/t9-/m1/s1. The molecular formula is C11H16Cl2N2. The highest BCUT2D eigenvalue weighted by molar-refractivity contribution is 6.32. The van der Waals surface area contributed by atoms with Crippen molar-refractivity contribution in [2.24, 2.45) is 11.7 Å². The minimum Gasteiger partial charge on any atom is -0.324 e. The summed E-state index contributed by atoms with van der Waals surface area (Å²) in [5, 5.41) is 0.818. The lowest BCUT2D eigenvalue weighted by Gasteiger charge is -2.14. The summed E-state index contributed by atoms with van der Waals surface area (Å²) in [4.78, 5) is 3.97. The number of pyridine rings is 1. The molecule has 0 radical (unpaired) electrons. The van der Waals surface area contributed by atoms with Crippen molar-refractivity contribution in [3.8, 4) is 0 Å². The summed E-state index contributed by atoms with van der Waals surface area (Å²) in [5.41, 5.74) is 6.90. The lowest BCUT2D eigenvalue weighted by molar-refractivity contribution is 0.506. The van der Waals surface area contributed by atoms with E-state index in [4.69, 9.17) is 28.9 Å². The van der Waals surface area contributed by atoms with Gasteiger partial charge in [0.1, 0.15) is 10.3 Å². The van der Waals surface area contributed by atoms with Crippen molar-refractivity contribution >= 4 is 23.2 Å². The molecule has 0 saturated carbocycles. The summed E-state index contributed by atoms with van der Waals surface area (Å²) in [6.45, 7) is 4.35. The molecule has 2 nitrogen and oxygen atoms in total. The molecule has 0 aliphatic carbocycles. The van der Waals surface area contributed by atoms with Crippen molar-refractivity contribution in [1.29, 1.82) is 0 Å². The maximum Gasteiger partial charge on any atom is 0.135 e. The SMILES string of the molecule is CC(C)CC[C@@H](N)c1ccc(Cl)nc1Cl. The number of aromatic nitrogens is 1. The molecule has 1 rings (SSSR count). The zero-order valence-electron chi connectivity index (χ0n) is 9.00. The number of rotatable bonds is 4. The van der Waals surface area contributed by atoms with Gasteiger partial charge in [-0.15, -0.1) is 0 Å². The second-order valence-electron chi connectivity index (χ2n) is 4.09. The van der Waals surface area contributed by atoms with Gasteiger partial charge in [0.25, 0.3) is 0 Å². The first kappa shape index (κ1) is 12.8. The fourth-order valence-corrected chi connectivity index (χ4v) is 1.85. The van der Waals surface area contributed by atoms with Gasteiger partial charge in [-0.1, -0.05) is 43.1 Å². The summed E-state index contributed by atoms with van der Waals surface area (Å²) in [6.07, 6.45) is 2.00. The lowest BCUT2D eigenvalue weighted by Crippen LogP contribution is -2.12. The van der Waals surface area contributed by atoms with Gasteiger partial charge in [0.2, 0.25) is 0 Å². The van der Waals surface area contributed by atoms with Crippen molar-refractivity contribution < 1.29 is 0 Å². The highest BCUT2D eigenvalue weighted by atomic mass is 35.5. The Hall–Kier alpha value is -0.310. The summed E-state index contributed by atoms with van der Waals surface area (Å²) in [7, 11) is 0. The lowest BCUT2D eigenvalue weighted by atomic mass is 9.99. The largest absolute Gasteiger partial charge is 0.324 e. The predicted octanol–water partition coefficient (Wildman–Crippen LogP) is 3.82. The van der Waals surface area contributed by atoms with Crippen molar-refractivity contribution in [2.45, 2.75) is 32.7 Å². The Morgan fingerprint density at radius 2 is 1.93 bits per heavy atom. The smallest absolute Gasteiger partial charge is 0.135 e. The van der Waals surface area contributed by atoms with E-state index in [9.17, 15) is 0 Å². The molecule has 2 N–H and O–H groups in total. The van der Waals surface area contributed by atoms with Gasteiger partial charge in [-0.3, -0.25) is 0 Å². The van der Waals surface area contributed by atoms with Crippen LogP contribution in [0.2, 0.25) is 10.3 Å². The molecule has 1 atom stereocenters. The summed E-state index contributed by atoms with van der Waals surface area (Å²) >= 11 is 11.7. The third-order valence-electron chi connectivity index (χ3n) is 2.30. The quantitative estimate of drug-likeness (QED) is 0.821. The third kappa shape index (κ3) is 3.98. The van der Waals surface area contributed by atoms with Crippen LogP contribution in [-0.4, -0.2) is 4.98 Å².